The topological polar surface area (TPSA) is 35.2 Å². The summed E-state index contributed by atoms with van der Waals surface area (Å²) >= 11 is 0. The Morgan fingerprint density at radius 3 is 2.63 bits per heavy atom. The summed E-state index contributed by atoms with van der Waals surface area (Å²) in [5.41, 5.74) is 7.60. The Morgan fingerprint density at radius 1 is 1.00 bits per heavy atom. The van der Waals surface area contributed by atoms with Gasteiger partial charge in [-0.3, -0.25) is 0 Å². The first-order chi connectivity index (χ1) is 9.38. The highest BCUT2D eigenvalue weighted by Gasteiger charge is 1.93. The molecular formula is C17H17NO. The lowest BCUT2D eigenvalue weighted by Gasteiger charge is -2.03. The molecule has 2 aromatic carbocycles. The number of nitrogens with two attached hydrogens (primary N) is 1. The fourth-order valence-electron chi connectivity index (χ4n) is 1.68. The van der Waals surface area contributed by atoms with Crippen molar-refractivity contribution >= 4 is 0 Å². The number of hydrogen-bond donors (Lipinski definition) is 1. The molecule has 0 spiro atoms. The first-order valence-electron chi connectivity index (χ1n) is 6.34. The molecule has 96 valence electrons. The van der Waals surface area contributed by atoms with Crippen LogP contribution in [0.25, 0.3) is 0 Å². The third-order valence-electron chi connectivity index (χ3n) is 2.59. The summed E-state index contributed by atoms with van der Waals surface area (Å²) in [6.45, 7) is 1.05. The predicted octanol–water partition coefficient (Wildman–Crippen LogP) is 2.62. The largest absolute Gasteiger partial charge is 0.492 e. The van der Waals surface area contributed by atoms with E-state index in [9.17, 15) is 0 Å². The molecule has 0 heterocycles. The molecule has 0 atom stereocenters. The highest BCUT2D eigenvalue weighted by atomic mass is 16.5. The first kappa shape index (κ1) is 13.2. The van der Waals surface area contributed by atoms with E-state index >= 15 is 0 Å². The molecule has 0 saturated carbocycles. The minimum Gasteiger partial charge on any atom is -0.492 e. The summed E-state index contributed by atoms with van der Waals surface area (Å²) in [6, 6.07) is 18.0. The molecule has 0 saturated heterocycles. The van der Waals surface area contributed by atoms with Crippen molar-refractivity contribution in [1.29, 1.82) is 0 Å². The van der Waals surface area contributed by atoms with E-state index < -0.39 is 0 Å². The van der Waals surface area contributed by atoms with Crippen LogP contribution in [0.1, 0.15) is 11.1 Å². The number of ether oxygens (including phenoxy) is 1. The van der Waals surface area contributed by atoms with Crippen molar-refractivity contribution in [1.82, 2.24) is 0 Å². The van der Waals surface area contributed by atoms with Crippen LogP contribution in [0.15, 0.2) is 54.6 Å². The maximum Gasteiger partial charge on any atom is 0.120 e. The minimum atomic E-state index is 0.518. The Balaban J connectivity index is 1.99. The Morgan fingerprint density at radius 2 is 1.84 bits per heavy atom. The van der Waals surface area contributed by atoms with E-state index in [1.54, 1.807) is 0 Å². The van der Waals surface area contributed by atoms with Crippen molar-refractivity contribution in [2.24, 2.45) is 5.73 Å². The van der Waals surface area contributed by atoms with E-state index in [-0.39, 0.29) is 0 Å². The van der Waals surface area contributed by atoms with Gasteiger partial charge in [-0.25, -0.2) is 0 Å². The molecule has 0 aliphatic rings. The monoisotopic (exact) mass is 251 g/mol. The summed E-state index contributed by atoms with van der Waals surface area (Å²) in [4.78, 5) is 0. The fraction of sp³-hybridized carbons (Fsp3) is 0.176. The van der Waals surface area contributed by atoms with Crippen molar-refractivity contribution < 1.29 is 4.74 Å². The normalized spacial score (nSPS) is 9.53. The van der Waals surface area contributed by atoms with Crippen molar-refractivity contribution in [3.05, 3.63) is 65.7 Å². The average Bonchev–Trinajstić information content (AvgIpc) is 2.47. The zero-order chi connectivity index (χ0) is 13.3. The van der Waals surface area contributed by atoms with Gasteiger partial charge in [-0.1, -0.05) is 48.2 Å². The zero-order valence-corrected chi connectivity index (χ0v) is 10.8. The van der Waals surface area contributed by atoms with Gasteiger partial charge in [0, 0.05) is 18.5 Å². The lowest BCUT2D eigenvalue weighted by Crippen LogP contribution is -2.10. The van der Waals surface area contributed by atoms with Crippen LogP contribution in [0.4, 0.5) is 0 Å². The maximum atomic E-state index is 5.47. The van der Waals surface area contributed by atoms with Crippen LogP contribution < -0.4 is 10.5 Å². The average molecular weight is 251 g/mol. The number of benzene rings is 2. The lowest BCUT2D eigenvalue weighted by atomic mass is 10.1. The van der Waals surface area contributed by atoms with Crippen molar-refractivity contribution in [3.8, 4) is 17.6 Å². The van der Waals surface area contributed by atoms with Gasteiger partial charge < -0.3 is 10.5 Å². The molecule has 0 aromatic heterocycles. The zero-order valence-electron chi connectivity index (χ0n) is 10.8. The minimum absolute atomic E-state index is 0.518. The van der Waals surface area contributed by atoms with Crippen LogP contribution in [0.3, 0.4) is 0 Å². The Kier molecular flexibility index (Phi) is 5.04. The quantitative estimate of drug-likeness (QED) is 0.848. The Bertz CT molecular complexity index is 567. The van der Waals surface area contributed by atoms with Crippen molar-refractivity contribution in [2.75, 3.05) is 13.2 Å². The second-order valence-corrected chi connectivity index (χ2v) is 4.13. The molecule has 0 bridgehead atoms. The van der Waals surface area contributed by atoms with Gasteiger partial charge in [0.15, 0.2) is 0 Å². The molecule has 0 unspecified atom stereocenters. The van der Waals surface area contributed by atoms with Crippen LogP contribution in [-0.4, -0.2) is 13.2 Å². The van der Waals surface area contributed by atoms with Crippen molar-refractivity contribution in [2.45, 2.75) is 6.42 Å². The number of hydrogen-bond acceptors (Lipinski definition) is 2. The molecule has 2 heteroatoms. The highest BCUT2D eigenvalue weighted by Crippen LogP contribution is 2.12. The molecule has 19 heavy (non-hydrogen) atoms. The van der Waals surface area contributed by atoms with E-state index in [1.807, 2.05) is 42.5 Å². The van der Waals surface area contributed by atoms with Crippen LogP contribution in [0, 0.1) is 11.8 Å². The van der Waals surface area contributed by atoms with Gasteiger partial charge in [-0.05, 0) is 23.8 Å². The van der Waals surface area contributed by atoms with Crippen LogP contribution in [-0.2, 0) is 6.42 Å². The fourth-order valence-corrected chi connectivity index (χ4v) is 1.68. The third-order valence-corrected chi connectivity index (χ3v) is 2.59. The molecular weight excluding hydrogens is 234 g/mol. The molecule has 2 rings (SSSR count). The summed E-state index contributed by atoms with van der Waals surface area (Å²) < 4.78 is 5.47. The molecule has 2 N–H and O–H groups in total. The van der Waals surface area contributed by atoms with E-state index in [1.165, 1.54) is 5.56 Å². The Hall–Kier alpha value is -2.24. The maximum absolute atomic E-state index is 5.47. The Labute approximate surface area is 114 Å². The molecule has 0 aliphatic carbocycles. The van der Waals surface area contributed by atoms with E-state index in [2.05, 4.69) is 24.0 Å². The van der Waals surface area contributed by atoms with E-state index in [0.717, 1.165) is 17.7 Å². The highest BCUT2D eigenvalue weighted by molar-refractivity contribution is 5.40. The molecule has 0 radical (unpaired) electrons. The second-order valence-electron chi connectivity index (χ2n) is 4.13. The summed E-state index contributed by atoms with van der Waals surface area (Å²) in [6.07, 6.45) is 0.759. The molecule has 0 aliphatic heterocycles. The third kappa shape index (κ3) is 4.50. The molecule has 0 amide bonds. The lowest BCUT2D eigenvalue weighted by molar-refractivity contribution is 0.328. The van der Waals surface area contributed by atoms with E-state index in [0.29, 0.717) is 13.2 Å². The summed E-state index contributed by atoms with van der Waals surface area (Å²) in [5.74, 6) is 7.14. The second kappa shape index (κ2) is 7.25. The molecule has 2 aromatic rings. The van der Waals surface area contributed by atoms with Gasteiger partial charge in [0.25, 0.3) is 0 Å². The molecule has 0 fully saturated rings. The van der Waals surface area contributed by atoms with Gasteiger partial charge in [-0.2, -0.15) is 0 Å². The SMILES string of the molecule is NCCOc1cccc(C#CCc2ccccc2)c1. The standard InChI is InChI=1S/C17H17NO/c18-12-13-19-17-11-5-10-16(14-17)9-4-8-15-6-2-1-3-7-15/h1-3,5-7,10-11,14H,8,12-13,18H2. The van der Waals surface area contributed by atoms with Crippen LogP contribution in [0.5, 0.6) is 5.75 Å². The number of rotatable bonds is 4. The van der Waals surface area contributed by atoms with Crippen LogP contribution in [0.2, 0.25) is 0 Å². The first-order valence-corrected chi connectivity index (χ1v) is 6.34. The van der Waals surface area contributed by atoms with Crippen LogP contribution >= 0.6 is 0 Å². The summed E-state index contributed by atoms with van der Waals surface area (Å²) in [7, 11) is 0. The van der Waals surface area contributed by atoms with Gasteiger partial charge >= 0.3 is 0 Å². The molecule has 2 nitrogen and oxygen atoms in total. The van der Waals surface area contributed by atoms with Gasteiger partial charge in [0.2, 0.25) is 0 Å². The smallest absolute Gasteiger partial charge is 0.120 e. The van der Waals surface area contributed by atoms with Gasteiger partial charge in [0.05, 0.1) is 0 Å². The predicted molar refractivity (Wildman–Crippen MR) is 78.0 cm³/mol. The van der Waals surface area contributed by atoms with Gasteiger partial charge in [0.1, 0.15) is 12.4 Å². The van der Waals surface area contributed by atoms with Crippen molar-refractivity contribution in [3.63, 3.8) is 0 Å². The van der Waals surface area contributed by atoms with E-state index in [4.69, 9.17) is 10.5 Å². The van der Waals surface area contributed by atoms with Gasteiger partial charge in [-0.15, -0.1) is 0 Å². The summed E-state index contributed by atoms with van der Waals surface area (Å²) in [5, 5.41) is 0.